The van der Waals surface area contributed by atoms with E-state index in [2.05, 4.69) is 5.10 Å². The molecule has 0 saturated heterocycles. The Kier molecular flexibility index (Phi) is 4.93. The van der Waals surface area contributed by atoms with Crippen LogP contribution in [0.2, 0.25) is 0 Å². The molecule has 0 bridgehead atoms. The van der Waals surface area contributed by atoms with Crippen LogP contribution in [0.1, 0.15) is 29.4 Å². The maximum absolute atomic E-state index is 12.4. The van der Waals surface area contributed by atoms with Crippen molar-refractivity contribution in [1.29, 1.82) is 0 Å². The molecule has 0 unspecified atom stereocenters. The molecule has 1 aromatic rings. The van der Waals surface area contributed by atoms with E-state index in [1.54, 1.807) is 6.92 Å². The van der Waals surface area contributed by atoms with E-state index in [0.717, 1.165) is 6.20 Å². The van der Waals surface area contributed by atoms with Crippen LogP contribution in [-0.2, 0) is 13.6 Å². The van der Waals surface area contributed by atoms with E-state index in [0.29, 0.717) is 6.42 Å². The van der Waals surface area contributed by atoms with Gasteiger partial charge in [0.05, 0.1) is 18.4 Å². The number of carboxylic acid groups (broad SMARTS) is 1. The summed E-state index contributed by atoms with van der Waals surface area (Å²) in [7, 11) is 1.51. The molecule has 8 heteroatoms. The Bertz CT molecular complexity index is 443. The first-order chi connectivity index (χ1) is 8.74. The Morgan fingerprint density at radius 3 is 2.63 bits per heavy atom. The monoisotopic (exact) mass is 279 g/mol. The molecule has 108 valence electrons. The van der Waals surface area contributed by atoms with Crippen molar-refractivity contribution in [3.8, 4) is 0 Å². The lowest BCUT2D eigenvalue weighted by molar-refractivity contribution is -0.147. The highest BCUT2D eigenvalue weighted by atomic mass is 19.4. The van der Waals surface area contributed by atoms with Crippen LogP contribution in [0.15, 0.2) is 6.20 Å². The molecule has 0 saturated carbocycles. The van der Waals surface area contributed by atoms with Gasteiger partial charge in [-0.3, -0.25) is 9.58 Å². The van der Waals surface area contributed by atoms with Crippen molar-refractivity contribution in [2.75, 3.05) is 13.1 Å². The van der Waals surface area contributed by atoms with Gasteiger partial charge in [-0.1, -0.05) is 6.92 Å². The molecule has 0 fully saturated rings. The van der Waals surface area contributed by atoms with Crippen LogP contribution in [0.4, 0.5) is 13.2 Å². The van der Waals surface area contributed by atoms with Gasteiger partial charge in [0.2, 0.25) is 0 Å². The fourth-order valence-corrected chi connectivity index (χ4v) is 1.82. The Labute approximate surface area is 108 Å². The number of alkyl halides is 3. The summed E-state index contributed by atoms with van der Waals surface area (Å²) in [5.74, 6) is -1.19. The summed E-state index contributed by atoms with van der Waals surface area (Å²) in [6.45, 7) is 0.852. The lowest BCUT2D eigenvalue weighted by Crippen LogP contribution is -2.35. The molecule has 19 heavy (non-hydrogen) atoms. The molecule has 0 atom stereocenters. The van der Waals surface area contributed by atoms with E-state index in [1.165, 1.54) is 16.6 Å². The van der Waals surface area contributed by atoms with Gasteiger partial charge in [-0.15, -0.1) is 0 Å². The number of aromatic nitrogens is 2. The third kappa shape index (κ3) is 4.55. The maximum Gasteiger partial charge on any atom is 0.401 e. The minimum absolute atomic E-state index is 0.0641. The first-order valence-corrected chi connectivity index (χ1v) is 5.78. The molecular weight excluding hydrogens is 263 g/mol. The lowest BCUT2D eigenvalue weighted by atomic mass is 10.2. The molecule has 1 N–H and O–H groups in total. The van der Waals surface area contributed by atoms with E-state index in [1.807, 2.05) is 0 Å². The summed E-state index contributed by atoms with van der Waals surface area (Å²) in [4.78, 5) is 12.1. The van der Waals surface area contributed by atoms with E-state index in [4.69, 9.17) is 5.11 Å². The zero-order chi connectivity index (χ0) is 14.6. The molecule has 0 aliphatic carbocycles. The van der Waals surface area contributed by atoms with Crippen molar-refractivity contribution in [2.45, 2.75) is 26.1 Å². The van der Waals surface area contributed by atoms with Crippen molar-refractivity contribution in [2.24, 2.45) is 7.05 Å². The third-order valence-corrected chi connectivity index (χ3v) is 2.61. The lowest BCUT2D eigenvalue weighted by Gasteiger charge is -2.23. The molecule has 5 nitrogen and oxygen atoms in total. The normalized spacial score (nSPS) is 12.1. The Balaban J connectivity index is 2.90. The van der Waals surface area contributed by atoms with Gasteiger partial charge in [0.1, 0.15) is 5.56 Å². The quantitative estimate of drug-likeness (QED) is 0.864. The molecule has 0 spiro atoms. The SMILES string of the molecule is CCCN(Cc1c(C(=O)O)cnn1C)CC(F)(F)F. The minimum atomic E-state index is -4.31. The molecule has 0 radical (unpaired) electrons. The van der Waals surface area contributed by atoms with E-state index < -0.39 is 18.7 Å². The zero-order valence-corrected chi connectivity index (χ0v) is 10.7. The second kappa shape index (κ2) is 6.05. The predicted molar refractivity (Wildman–Crippen MR) is 61.8 cm³/mol. The number of nitrogens with zero attached hydrogens (tertiary/aromatic N) is 3. The fraction of sp³-hybridized carbons (Fsp3) is 0.636. The topological polar surface area (TPSA) is 58.4 Å². The van der Waals surface area contributed by atoms with Gasteiger partial charge in [0.15, 0.2) is 0 Å². The van der Waals surface area contributed by atoms with Gasteiger partial charge in [-0.2, -0.15) is 18.3 Å². The van der Waals surface area contributed by atoms with Gasteiger partial charge < -0.3 is 5.11 Å². The number of halogens is 3. The number of carbonyl (C=O) groups is 1. The predicted octanol–water partition coefficient (Wildman–Crippen LogP) is 1.89. The Hall–Kier alpha value is -1.57. The van der Waals surface area contributed by atoms with Crippen LogP contribution in [0.25, 0.3) is 0 Å². The average molecular weight is 279 g/mol. The van der Waals surface area contributed by atoms with Crippen LogP contribution in [0, 0.1) is 0 Å². The van der Waals surface area contributed by atoms with Crippen molar-refractivity contribution in [1.82, 2.24) is 14.7 Å². The van der Waals surface area contributed by atoms with Crippen molar-refractivity contribution >= 4 is 5.97 Å². The smallest absolute Gasteiger partial charge is 0.401 e. The van der Waals surface area contributed by atoms with Gasteiger partial charge in [-0.05, 0) is 13.0 Å². The number of carboxylic acids is 1. The maximum atomic E-state index is 12.4. The molecule has 0 aliphatic heterocycles. The van der Waals surface area contributed by atoms with Crippen molar-refractivity contribution in [3.63, 3.8) is 0 Å². The molecule has 1 rings (SSSR count). The van der Waals surface area contributed by atoms with Crippen LogP contribution >= 0.6 is 0 Å². The number of rotatable bonds is 6. The van der Waals surface area contributed by atoms with E-state index in [9.17, 15) is 18.0 Å². The molecule has 1 heterocycles. The Morgan fingerprint density at radius 2 is 2.16 bits per heavy atom. The largest absolute Gasteiger partial charge is 0.478 e. The minimum Gasteiger partial charge on any atom is -0.478 e. The highest BCUT2D eigenvalue weighted by Gasteiger charge is 2.31. The summed E-state index contributed by atoms with van der Waals surface area (Å²) in [5.41, 5.74) is 0.205. The van der Waals surface area contributed by atoms with Crippen LogP contribution in [0.3, 0.4) is 0 Å². The molecule has 0 aromatic carbocycles. The Morgan fingerprint density at radius 1 is 1.53 bits per heavy atom. The number of aryl methyl sites for hydroxylation is 1. The summed E-state index contributed by atoms with van der Waals surface area (Å²) in [5, 5.41) is 12.7. The van der Waals surface area contributed by atoms with Crippen LogP contribution < -0.4 is 0 Å². The van der Waals surface area contributed by atoms with Gasteiger partial charge in [-0.25, -0.2) is 4.79 Å². The zero-order valence-electron chi connectivity index (χ0n) is 10.7. The number of hydrogen-bond acceptors (Lipinski definition) is 3. The number of aromatic carboxylic acids is 1. The standard InChI is InChI=1S/C11H16F3N3O2/c1-3-4-17(7-11(12,13)14)6-9-8(10(18)19)5-15-16(9)2/h5H,3-4,6-7H2,1-2H3,(H,18,19). The average Bonchev–Trinajstić information content (AvgIpc) is 2.58. The highest BCUT2D eigenvalue weighted by Crippen LogP contribution is 2.19. The molecule has 0 aliphatic rings. The summed E-state index contributed by atoms with van der Waals surface area (Å²) in [6, 6.07) is 0. The van der Waals surface area contributed by atoms with Crippen molar-refractivity contribution in [3.05, 3.63) is 17.5 Å². The van der Waals surface area contributed by atoms with E-state index in [-0.39, 0.29) is 24.3 Å². The van der Waals surface area contributed by atoms with E-state index >= 15 is 0 Å². The summed E-state index contributed by atoms with van der Waals surface area (Å²) >= 11 is 0. The number of hydrogen-bond donors (Lipinski definition) is 1. The summed E-state index contributed by atoms with van der Waals surface area (Å²) < 4.78 is 38.6. The van der Waals surface area contributed by atoms with Gasteiger partial charge in [0.25, 0.3) is 0 Å². The summed E-state index contributed by atoms with van der Waals surface area (Å²) in [6.07, 6.45) is -2.61. The van der Waals surface area contributed by atoms with Crippen LogP contribution in [-0.4, -0.2) is 45.0 Å². The highest BCUT2D eigenvalue weighted by molar-refractivity contribution is 5.88. The van der Waals surface area contributed by atoms with Crippen molar-refractivity contribution < 1.29 is 23.1 Å². The molecule has 1 aromatic heterocycles. The first-order valence-electron chi connectivity index (χ1n) is 5.78. The van der Waals surface area contributed by atoms with Gasteiger partial charge in [0, 0.05) is 13.6 Å². The van der Waals surface area contributed by atoms with Gasteiger partial charge >= 0.3 is 12.1 Å². The second-order valence-corrected chi connectivity index (χ2v) is 4.26. The fourth-order valence-electron chi connectivity index (χ4n) is 1.82. The molecule has 0 amide bonds. The molecular formula is C11H16F3N3O2. The second-order valence-electron chi connectivity index (χ2n) is 4.26. The first kappa shape index (κ1) is 15.5. The third-order valence-electron chi connectivity index (χ3n) is 2.61. The van der Waals surface area contributed by atoms with Crippen LogP contribution in [0.5, 0.6) is 0 Å².